The summed E-state index contributed by atoms with van der Waals surface area (Å²) in [6.07, 6.45) is 9.50. The average molecular weight is 345 g/mol. The lowest BCUT2D eigenvalue weighted by molar-refractivity contribution is -0.145. The third-order valence-corrected chi connectivity index (χ3v) is 5.98. The Kier molecular flexibility index (Phi) is 7.18. The van der Waals surface area contributed by atoms with E-state index in [1.165, 1.54) is 19.3 Å². The summed E-state index contributed by atoms with van der Waals surface area (Å²) in [5.74, 6) is 1.02. The first-order valence-electron chi connectivity index (χ1n) is 9.38. The van der Waals surface area contributed by atoms with E-state index in [2.05, 4.69) is 17.1 Å². The molecule has 3 atom stereocenters. The molecule has 0 radical (unpaired) electrons. The molecule has 0 aromatic rings. The summed E-state index contributed by atoms with van der Waals surface area (Å²) in [6.45, 7) is 6.78. The zero-order valence-corrected chi connectivity index (χ0v) is 15.3. The number of likely N-dealkylation sites (tertiary alicyclic amines) is 1. The lowest BCUT2D eigenvalue weighted by Crippen LogP contribution is -2.50. The molecular formula is C18H33ClN2O2. The predicted molar refractivity (Wildman–Crippen MR) is 95.0 cm³/mol. The van der Waals surface area contributed by atoms with Crippen LogP contribution >= 0.6 is 12.4 Å². The van der Waals surface area contributed by atoms with Gasteiger partial charge in [0.25, 0.3) is 0 Å². The molecule has 2 aliphatic heterocycles. The summed E-state index contributed by atoms with van der Waals surface area (Å²) < 4.78 is 5.92. The smallest absolute Gasteiger partial charge is 0.230 e. The fraction of sp³-hybridized carbons (Fsp3) is 0.944. The van der Waals surface area contributed by atoms with E-state index >= 15 is 0 Å². The van der Waals surface area contributed by atoms with E-state index < -0.39 is 0 Å². The van der Waals surface area contributed by atoms with Crippen molar-refractivity contribution in [1.29, 1.82) is 0 Å². The largest absolute Gasteiger partial charge is 0.378 e. The first-order valence-corrected chi connectivity index (χ1v) is 9.38. The molecule has 3 rings (SSSR count). The Morgan fingerprint density at radius 3 is 2.91 bits per heavy atom. The standard InChI is InChI=1S/C18H32N2O2.ClH/c1-2-12-22-16-7-5-10-20(11-8-16)17(21)18-9-4-3-6-15(18)13-19-14-18;/h15-16,19H,2-14H2,1H3;1H/t15-,16?,18+;/m0./s1. The molecule has 23 heavy (non-hydrogen) atoms. The molecule has 2 saturated heterocycles. The quantitative estimate of drug-likeness (QED) is 0.852. The van der Waals surface area contributed by atoms with Crippen LogP contribution in [0.4, 0.5) is 0 Å². The number of nitrogens with one attached hydrogen (secondary N) is 1. The lowest BCUT2D eigenvalue weighted by Gasteiger charge is -2.40. The van der Waals surface area contributed by atoms with Crippen LogP contribution in [0.5, 0.6) is 0 Å². The van der Waals surface area contributed by atoms with E-state index in [9.17, 15) is 4.79 Å². The molecule has 0 bridgehead atoms. The zero-order chi connectivity index (χ0) is 15.4. The van der Waals surface area contributed by atoms with Gasteiger partial charge in [0.05, 0.1) is 11.5 Å². The minimum Gasteiger partial charge on any atom is -0.378 e. The molecule has 1 N–H and O–H groups in total. The number of ether oxygens (including phenoxy) is 1. The summed E-state index contributed by atoms with van der Waals surface area (Å²) in [5.41, 5.74) is -0.0810. The number of halogens is 1. The van der Waals surface area contributed by atoms with Crippen LogP contribution < -0.4 is 5.32 Å². The summed E-state index contributed by atoms with van der Waals surface area (Å²) in [5, 5.41) is 3.51. The van der Waals surface area contributed by atoms with Crippen LogP contribution in [0.3, 0.4) is 0 Å². The molecule has 3 fully saturated rings. The van der Waals surface area contributed by atoms with Crippen molar-refractivity contribution in [2.24, 2.45) is 11.3 Å². The minimum atomic E-state index is -0.0810. The molecular weight excluding hydrogens is 312 g/mol. The van der Waals surface area contributed by atoms with Gasteiger partial charge < -0.3 is 15.0 Å². The number of hydrogen-bond donors (Lipinski definition) is 1. The van der Waals surface area contributed by atoms with Crippen molar-refractivity contribution < 1.29 is 9.53 Å². The van der Waals surface area contributed by atoms with Gasteiger partial charge in [-0.1, -0.05) is 19.8 Å². The van der Waals surface area contributed by atoms with Crippen LogP contribution in [0.2, 0.25) is 0 Å². The van der Waals surface area contributed by atoms with Gasteiger partial charge in [-0.2, -0.15) is 0 Å². The molecule has 0 aromatic carbocycles. The van der Waals surface area contributed by atoms with Gasteiger partial charge in [0.15, 0.2) is 0 Å². The van der Waals surface area contributed by atoms with Crippen molar-refractivity contribution in [2.45, 2.75) is 64.4 Å². The van der Waals surface area contributed by atoms with Gasteiger partial charge in [-0.05, 0) is 51.0 Å². The summed E-state index contributed by atoms with van der Waals surface area (Å²) in [6, 6.07) is 0. The first-order chi connectivity index (χ1) is 10.8. The van der Waals surface area contributed by atoms with E-state index in [-0.39, 0.29) is 17.8 Å². The van der Waals surface area contributed by atoms with Gasteiger partial charge in [-0.3, -0.25) is 4.79 Å². The summed E-state index contributed by atoms with van der Waals surface area (Å²) in [4.78, 5) is 15.4. The average Bonchev–Trinajstić information content (AvgIpc) is 2.85. The number of hydrogen-bond acceptors (Lipinski definition) is 3. The van der Waals surface area contributed by atoms with Crippen LogP contribution in [0, 0.1) is 11.3 Å². The topological polar surface area (TPSA) is 41.6 Å². The van der Waals surface area contributed by atoms with E-state index in [0.717, 1.165) is 64.9 Å². The minimum absolute atomic E-state index is 0. The van der Waals surface area contributed by atoms with E-state index in [1.54, 1.807) is 0 Å². The van der Waals surface area contributed by atoms with Crippen molar-refractivity contribution >= 4 is 18.3 Å². The Labute approximate surface area is 147 Å². The van der Waals surface area contributed by atoms with Crippen LogP contribution in [0.15, 0.2) is 0 Å². The van der Waals surface area contributed by atoms with Gasteiger partial charge >= 0.3 is 0 Å². The van der Waals surface area contributed by atoms with E-state index in [4.69, 9.17) is 4.74 Å². The highest BCUT2D eigenvalue weighted by molar-refractivity contribution is 5.85. The highest BCUT2D eigenvalue weighted by Gasteiger charge is 2.51. The molecule has 2 heterocycles. The maximum atomic E-state index is 13.3. The Bertz CT molecular complexity index is 393. The molecule has 1 aliphatic carbocycles. The Hall–Kier alpha value is -0.320. The molecule has 5 heteroatoms. The number of rotatable bonds is 4. The van der Waals surface area contributed by atoms with Crippen LogP contribution in [-0.2, 0) is 9.53 Å². The first kappa shape index (κ1) is 19.0. The van der Waals surface area contributed by atoms with Gasteiger partial charge in [0, 0.05) is 26.2 Å². The van der Waals surface area contributed by atoms with Crippen LogP contribution in [0.1, 0.15) is 58.3 Å². The van der Waals surface area contributed by atoms with Crippen LogP contribution in [-0.4, -0.2) is 49.7 Å². The second-order valence-corrected chi connectivity index (χ2v) is 7.45. The highest BCUT2D eigenvalue weighted by atomic mass is 35.5. The van der Waals surface area contributed by atoms with E-state index in [1.807, 2.05) is 0 Å². The predicted octanol–water partition coefficient (Wildman–Crippen LogP) is 3.00. The molecule has 4 nitrogen and oxygen atoms in total. The molecule has 0 aromatic heterocycles. The number of amides is 1. The molecule has 3 aliphatic rings. The monoisotopic (exact) mass is 344 g/mol. The number of carbonyl (C=O) groups is 1. The van der Waals surface area contributed by atoms with Crippen molar-refractivity contribution in [3.63, 3.8) is 0 Å². The summed E-state index contributed by atoms with van der Waals surface area (Å²) in [7, 11) is 0. The molecule has 134 valence electrons. The Balaban J connectivity index is 0.00000192. The van der Waals surface area contributed by atoms with Crippen molar-refractivity contribution in [3.05, 3.63) is 0 Å². The molecule has 0 spiro atoms. The van der Waals surface area contributed by atoms with Crippen molar-refractivity contribution in [2.75, 3.05) is 32.8 Å². The molecule has 1 unspecified atom stereocenters. The van der Waals surface area contributed by atoms with E-state index in [0.29, 0.717) is 17.9 Å². The Morgan fingerprint density at radius 1 is 1.22 bits per heavy atom. The fourth-order valence-electron chi connectivity index (χ4n) is 4.70. The third kappa shape index (κ3) is 4.02. The highest BCUT2D eigenvalue weighted by Crippen LogP contribution is 2.45. The number of carbonyl (C=O) groups excluding carboxylic acids is 1. The molecule has 1 saturated carbocycles. The second kappa shape index (κ2) is 8.68. The van der Waals surface area contributed by atoms with Gasteiger partial charge in [0.2, 0.25) is 5.91 Å². The summed E-state index contributed by atoms with van der Waals surface area (Å²) >= 11 is 0. The van der Waals surface area contributed by atoms with Gasteiger partial charge in [-0.15, -0.1) is 12.4 Å². The van der Waals surface area contributed by atoms with Crippen molar-refractivity contribution in [3.8, 4) is 0 Å². The third-order valence-electron chi connectivity index (χ3n) is 5.98. The SMILES string of the molecule is CCCOC1CCCN(C(=O)[C@@]23CCCC[C@H]2CNC3)CC1.Cl. The maximum Gasteiger partial charge on any atom is 0.230 e. The fourth-order valence-corrected chi connectivity index (χ4v) is 4.70. The lowest BCUT2D eigenvalue weighted by atomic mass is 9.67. The van der Waals surface area contributed by atoms with Gasteiger partial charge in [0.1, 0.15) is 0 Å². The van der Waals surface area contributed by atoms with Crippen LogP contribution in [0.25, 0.3) is 0 Å². The maximum absolute atomic E-state index is 13.3. The number of nitrogens with zero attached hydrogens (tertiary/aromatic N) is 1. The van der Waals surface area contributed by atoms with Gasteiger partial charge in [-0.25, -0.2) is 0 Å². The van der Waals surface area contributed by atoms with Crippen molar-refractivity contribution in [1.82, 2.24) is 10.2 Å². The number of fused-ring (bicyclic) bond motifs is 1. The zero-order valence-electron chi connectivity index (χ0n) is 14.5. The normalized spacial score (nSPS) is 34.4. The second-order valence-electron chi connectivity index (χ2n) is 7.45. The molecule has 1 amide bonds. The Morgan fingerprint density at radius 2 is 2.09 bits per heavy atom.